The van der Waals surface area contributed by atoms with E-state index in [0.29, 0.717) is 5.56 Å². The Kier molecular flexibility index (Phi) is 6.66. The largest absolute Gasteiger partial charge is 1.00 e. The Morgan fingerprint density at radius 2 is 1.82 bits per heavy atom. The molecule has 0 saturated heterocycles. The summed E-state index contributed by atoms with van der Waals surface area (Å²) in [7, 11) is -4.38. The van der Waals surface area contributed by atoms with Crippen molar-refractivity contribution in [3.8, 4) is 0 Å². The van der Waals surface area contributed by atoms with Gasteiger partial charge in [-0.25, -0.2) is 0 Å². The molecule has 5 nitrogen and oxygen atoms in total. The summed E-state index contributed by atoms with van der Waals surface area (Å²) in [5, 5.41) is 10.6. The van der Waals surface area contributed by atoms with Crippen LogP contribution in [0.25, 0.3) is 6.08 Å². The third-order valence-electron chi connectivity index (χ3n) is 1.74. The van der Waals surface area contributed by atoms with Crippen LogP contribution in [0.15, 0.2) is 35.9 Å². The Hall–Kier alpha value is -0.660. The van der Waals surface area contributed by atoms with E-state index in [-0.39, 0.29) is 29.6 Å². The molecule has 0 spiro atoms. The van der Waals surface area contributed by atoms with Crippen LogP contribution in [0.5, 0.6) is 0 Å². The predicted molar refractivity (Wildman–Crippen MR) is 55.8 cm³/mol. The van der Waals surface area contributed by atoms with Crippen LogP contribution in [-0.2, 0) is 14.9 Å². The minimum absolute atomic E-state index is 0. The number of benzene rings is 1. The van der Waals surface area contributed by atoms with Crippen LogP contribution in [0.3, 0.4) is 0 Å². The number of aliphatic carboxylic acids is 1. The van der Waals surface area contributed by atoms with Gasteiger partial charge >= 0.3 is 29.6 Å². The molecule has 17 heavy (non-hydrogen) atoms. The van der Waals surface area contributed by atoms with Crippen molar-refractivity contribution in [1.82, 2.24) is 0 Å². The van der Waals surface area contributed by atoms with Gasteiger partial charge in [0.25, 0.3) is 10.1 Å². The van der Waals surface area contributed by atoms with Crippen molar-refractivity contribution in [2.75, 3.05) is 5.75 Å². The molecule has 86 valence electrons. The molecule has 0 bridgehead atoms. The fourth-order valence-electron chi connectivity index (χ4n) is 1.11. The summed E-state index contributed by atoms with van der Waals surface area (Å²) in [5.74, 6) is -2.59. The smallest absolute Gasteiger partial charge is 0.545 e. The van der Waals surface area contributed by atoms with Crippen LogP contribution in [0.2, 0.25) is 0 Å². The van der Waals surface area contributed by atoms with Crippen LogP contribution in [0, 0.1) is 0 Å². The van der Waals surface area contributed by atoms with Gasteiger partial charge in [0.05, 0.1) is 5.97 Å². The molecule has 0 aliphatic heterocycles. The predicted octanol–water partition coefficient (Wildman–Crippen LogP) is -3.29. The summed E-state index contributed by atoms with van der Waals surface area (Å²) >= 11 is 0. The van der Waals surface area contributed by atoms with Crippen molar-refractivity contribution in [2.45, 2.75) is 0 Å². The van der Waals surface area contributed by atoms with Gasteiger partial charge in [0, 0.05) is 0 Å². The van der Waals surface area contributed by atoms with Crippen LogP contribution in [-0.4, -0.2) is 24.7 Å². The Balaban J connectivity index is 0.00000256. The second-order valence-corrected chi connectivity index (χ2v) is 4.55. The first-order valence-corrected chi connectivity index (χ1v) is 5.91. The first-order chi connectivity index (χ1) is 7.38. The molecule has 1 rings (SSSR count). The average Bonchev–Trinajstić information content (AvgIpc) is 2.16. The number of carboxylic acid groups (broad SMARTS) is 1. The first-order valence-electron chi connectivity index (χ1n) is 4.30. The Labute approximate surface area is 121 Å². The van der Waals surface area contributed by atoms with E-state index in [0.717, 1.165) is 6.08 Å². The quantitative estimate of drug-likeness (QED) is 0.349. The third-order valence-corrected chi connectivity index (χ3v) is 2.42. The van der Waals surface area contributed by atoms with Gasteiger partial charge < -0.3 is 9.90 Å². The zero-order valence-corrected chi connectivity index (χ0v) is 12.0. The van der Waals surface area contributed by atoms with E-state index >= 15 is 0 Å². The minimum atomic E-state index is -4.38. The van der Waals surface area contributed by atoms with Gasteiger partial charge in [-0.05, 0) is 17.2 Å². The number of rotatable bonds is 4. The molecule has 1 aromatic carbocycles. The van der Waals surface area contributed by atoms with Crippen molar-refractivity contribution in [2.24, 2.45) is 0 Å². The summed E-state index contributed by atoms with van der Waals surface area (Å²) in [6.45, 7) is 0. The molecule has 0 radical (unpaired) electrons. The van der Waals surface area contributed by atoms with Crippen molar-refractivity contribution in [3.63, 3.8) is 0 Å². The van der Waals surface area contributed by atoms with Crippen LogP contribution >= 0.6 is 0 Å². The molecule has 0 fully saturated rings. The second kappa shape index (κ2) is 6.93. The molecule has 1 aromatic rings. The molecule has 0 atom stereocenters. The van der Waals surface area contributed by atoms with Gasteiger partial charge in [0.1, 0.15) is 5.75 Å². The van der Waals surface area contributed by atoms with E-state index in [1.54, 1.807) is 30.3 Å². The topological polar surface area (TPSA) is 94.5 Å². The van der Waals surface area contributed by atoms with Gasteiger partial charge in [-0.1, -0.05) is 30.3 Å². The average molecular weight is 264 g/mol. The molecule has 0 unspecified atom stereocenters. The maximum absolute atomic E-state index is 10.6. The molecule has 0 amide bonds. The normalized spacial score (nSPS) is 11.7. The summed E-state index contributed by atoms with van der Waals surface area (Å²) in [6.07, 6.45) is 1.14. The number of hydrogen-bond donors (Lipinski definition) is 1. The second-order valence-electron chi connectivity index (χ2n) is 3.09. The van der Waals surface area contributed by atoms with E-state index in [4.69, 9.17) is 4.55 Å². The van der Waals surface area contributed by atoms with Crippen molar-refractivity contribution < 1.29 is 52.4 Å². The van der Waals surface area contributed by atoms with E-state index in [1.165, 1.54) is 0 Å². The summed E-state index contributed by atoms with van der Waals surface area (Å²) in [4.78, 5) is 10.6. The van der Waals surface area contributed by atoms with Crippen LogP contribution in [0.4, 0.5) is 0 Å². The number of carboxylic acids is 1. The molecular formula is C10H9NaO5S. The van der Waals surface area contributed by atoms with E-state index in [2.05, 4.69) is 0 Å². The van der Waals surface area contributed by atoms with Crippen LogP contribution < -0.4 is 34.7 Å². The summed E-state index contributed by atoms with van der Waals surface area (Å²) in [6, 6.07) is 8.29. The molecule has 7 heteroatoms. The van der Waals surface area contributed by atoms with Crippen LogP contribution in [0.1, 0.15) is 5.56 Å². The van der Waals surface area contributed by atoms with Crippen molar-refractivity contribution in [1.29, 1.82) is 0 Å². The number of carbonyl (C=O) groups is 1. The van der Waals surface area contributed by atoms with E-state index in [1.807, 2.05) is 0 Å². The third kappa shape index (κ3) is 6.60. The number of carbonyl (C=O) groups excluding carboxylic acids is 1. The molecule has 0 aliphatic rings. The summed E-state index contributed by atoms with van der Waals surface area (Å²) in [5.41, 5.74) is 0.0269. The van der Waals surface area contributed by atoms with Gasteiger partial charge in [0.2, 0.25) is 0 Å². The first kappa shape index (κ1) is 16.3. The zero-order chi connectivity index (χ0) is 12.2. The van der Waals surface area contributed by atoms with Gasteiger partial charge in [-0.3, -0.25) is 4.55 Å². The monoisotopic (exact) mass is 264 g/mol. The fourth-order valence-corrected chi connectivity index (χ4v) is 1.70. The molecule has 0 saturated carbocycles. The summed E-state index contributed by atoms with van der Waals surface area (Å²) < 4.78 is 29.7. The molecule has 0 aliphatic carbocycles. The standard InChI is InChI=1S/C10H10O5S.Na/c11-10(12)9(7-16(13,14)15)6-8-4-2-1-3-5-8;/h1-6H,7H2,(H,11,12)(H,13,14,15);/q;+1/p-1/b9-6+;. The molecule has 1 N–H and O–H groups in total. The van der Waals surface area contributed by atoms with Gasteiger partial charge in [-0.15, -0.1) is 0 Å². The maximum Gasteiger partial charge on any atom is 1.00 e. The van der Waals surface area contributed by atoms with E-state index in [9.17, 15) is 18.3 Å². The Morgan fingerprint density at radius 3 is 2.24 bits per heavy atom. The van der Waals surface area contributed by atoms with Gasteiger partial charge in [0.15, 0.2) is 0 Å². The fraction of sp³-hybridized carbons (Fsp3) is 0.100. The molecule has 0 heterocycles. The minimum Gasteiger partial charge on any atom is -0.545 e. The van der Waals surface area contributed by atoms with E-state index < -0.39 is 27.4 Å². The van der Waals surface area contributed by atoms with Gasteiger partial charge in [-0.2, -0.15) is 8.42 Å². The zero-order valence-electron chi connectivity index (χ0n) is 9.16. The SMILES string of the molecule is O=C([O-])/C(=C/c1ccccc1)CS(=O)(=O)O.[Na+]. The Bertz CT molecular complexity index is 507. The maximum atomic E-state index is 10.6. The van der Waals surface area contributed by atoms with Crippen molar-refractivity contribution in [3.05, 3.63) is 41.5 Å². The molecule has 0 aromatic heterocycles. The number of hydrogen-bond acceptors (Lipinski definition) is 4. The molecular weight excluding hydrogens is 255 g/mol. The Morgan fingerprint density at radius 1 is 1.29 bits per heavy atom. The van der Waals surface area contributed by atoms with Crippen molar-refractivity contribution >= 4 is 22.2 Å².